The van der Waals surface area contributed by atoms with Gasteiger partial charge in [0.25, 0.3) is 0 Å². The van der Waals surface area contributed by atoms with E-state index < -0.39 is 0 Å². The van der Waals surface area contributed by atoms with Crippen LogP contribution in [0.25, 0.3) is 0 Å². The highest BCUT2D eigenvalue weighted by Crippen LogP contribution is 2.26. The third-order valence-corrected chi connectivity index (χ3v) is 4.20. The van der Waals surface area contributed by atoms with Crippen LogP contribution in [0.2, 0.25) is 0 Å². The summed E-state index contributed by atoms with van der Waals surface area (Å²) < 4.78 is 1.15. The Kier molecular flexibility index (Phi) is 4.68. The predicted molar refractivity (Wildman–Crippen MR) is 72.8 cm³/mol. The van der Waals surface area contributed by atoms with E-state index in [0.29, 0.717) is 12.0 Å². The summed E-state index contributed by atoms with van der Waals surface area (Å²) in [6, 6.07) is 9.06. The summed E-state index contributed by atoms with van der Waals surface area (Å²) in [6.45, 7) is 0.942. The minimum Gasteiger partial charge on any atom is -0.310 e. The van der Waals surface area contributed by atoms with Gasteiger partial charge in [-0.1, -0.05) is 34.5 Å². The van der Waals surface area contributed by atoms with Crippen LogP contribution in [-0.4, -0.2) is 11.9 Å². The van der Waals surface area contributed by atoms with Crippen LogP contribution in [0.5, 0.6) is 0 Å². The molecule has 0 heterocycles. The molecular formula is C13H17BrClN. The van der Waals surface area contributed by atoms with Crippen LogP contribution in [0.4, 0.5) is 0 Å². The maximum Gasteiger partial charge on any atom is 0.0266 e. The van der Waals surface area contributed by atoms with E-state index in [4.69, 9.17) is 11.6 Å². The molecule has 1 aliphatic carbocycles. The summed E-state index contributed by atoms with van der Waals surface area (Å²) >= 11 is 9.45. The van der Waals surface area contributed by atoms with Crippen molar-refractivity contribution >= 4 is 27.5 Å². The summed E-state index contributed by atoms with van der Waals surface area (Å²) in [4.78, 5) is 0. The largest absolute Gasteiger partial charge is 0.310 e. The Balaban J connectivity index is 1.87. The molecule has 0 amide bonds. The maximum absolute atomic E-state index is 5.96. The van der Waals surface area contributed by atoms with Gasteiger partial charge in [0.15, 0.2) is 0 Å². The van der Waals surface area contributed by atoms with Crippen molar-refractivity contribution in [2.45, 2.75) is 31.8 Å². The van der Waals surface area contributed by atoms with Gasteiger partial charge in [-0.05, 0) is 36.5 Å². The average Bonchev–Trinajstić information content (AvgIpc) is 2.74. The van der Waals surface area contributed by atoms with E-state index in [9.17, 15) is 0 Å². The summed E-state index contributed by atoms with van der Waals surface area (Å²) in [7, 11) is 0. The van der Waals surface area contributed by atoms with Gasteiger partial charge in [0, 0.05) is 22.9 Å². The third-order valence-electron chi connectivity index (χ3n) is 3.31. The van der Waals surface area contributed by atoms with E-state index in [1.807, 2.05) is 0 Å². The molecule has 0 aliphatic heterocycles. The molecule has 0 saturated heterocycles. The molecule has 16 heavy (non-hydrogen) atoms. The van der Waals surface area contributed by atoms with Gasteiger partial charge in [-0.2, -0.15) is 0 Å². The van der Waals surface area contributed by atoms with Crippen LogP contribution in [-0.2, 0) is 6.54 Å². The number of alkyl halides is 1. The Hall–Kier alpha value is -0.0500. The lowest BCUT2D eigenvalue weighted by Crippen LogP contribution is -2.32. The normalized spacial score (nSPS) is 24.9. The van der Waals surface area contributed by atoms with Crippen molar-refractivity contribution in [3.05, 3.63) is 34.3 Å². The van der Waals surface area contributed by atoms with Crippen molar-refractivity contribution in [2.24, 2.45) is 5.92 Å². The molecule has 1 aliphatic rings. The van der Waals surface area contributed by atoms with Crippen molar-refractivity contribution in [1.29, 1.82) is 0 Å². The summed E-state index contributed by atoms with van der Waals surface area (Å²) in [5.41, 5.74) is 1.33. The minimum absolute atomic E-state index is 0.608. The first-order valence-corrected chi connectivity index (χ1v) is 7.16. The molecule has 88 valence electrons. The van der Waals surface area contributed by atoms with E-state index in [1.165, 1.54) is 24.8 Å². The van der Waals surface area contributed by atoms with Crippen LogP contribution >= 0.6 is 27.5 Å². The lowest BCUT2D eigenvalue weighted by atomic mass is 10.1. The fourth-order valence-corrected chi connectivity index (χ4v) is 3.20. The predicted octanol–water partition coefficient (Wildman–Crippen LogP) is 3.95. The quantitative estimate of drug-likeness (QED) is 0.831. The Morgan fingerprint density at radius 3 is 3.00 bits per heavy atom. The fourth-order valence-electron chi connectivity index (χ4n) is 2.39. The zero-order valence-corrected chi connectivity index (χ0v) is 11.6. The van der Waals surface area contributed by atoms with Crippen molar-refractivity contribution in [1.82, 2.24) is 5.32 Å². The molecule has 1 aromatic carbocycles. The zero-order valence-electron chi connectivity index (χ0n) is 9.26. The van der Waals surface area contributed by atoms with Crippen LogP contribution < -0.4 is 5.32 Å². The smallest absolute Gasteiger partial charge is 0.0266 e. The van der Waals surface area contributed by atoms with Gasteiger partial charge < -0.3 is 5.32 Å². The van der Waals surface area contributed by atoms with Gasteiger partial charge in [-0.15, -0.1) is 11.6 Å². The third kappa shape index (κ3) is 3.22. The molecule has 0 aromatic heterocycles. The summed E-state index contributed by atoms with van der Waals surface area (Å²) in [5, 5.41) is 3.62. The molecule has 2 atom stereocenters. The van der Waals surface area contributed by atoms with Gasteiger partial charge in [0.05, 0.1) is 0 Å². The second kappa shape index (κ2) is 6.04. The van der Waals surface area contributed by atoms with Crippen molar-refractivity contribution in [2.75, 3.05) is 5.88 Å². The van der Waals surface area contributed by atoms with Gasteiger partial charge >= 0.3 is 0 Å². The van der Waals surface area contributed by atoms with Gasteiger partial charge in [-0.25, -0.2) is 0 Å². The lowest BCUT2D eigenvalue weighted by molar-refractivity contribution is 0.429. The minimum atomic E-state index is 0.608. The molecule has 1 N–H and O–H groups in total. The highest BCUT2D eigenvalue weighted by atomic mass is 79.9. The van der Waals surface area contributed by atoms with Gasteiger partial charge in [0.2, 0.25) is 0 Å². The van der Waals surface area contributed by atoms with E-state index in [2.05, 4.69) is 45.5 Å². The summed E-state index contributed by atoms with van der Waals surface area (Å²) in [6.07, 6.45) is 3.86. The molecule has 2 unspecified atom stereocenters. The molecule has 1 saturated carbocycles. The molecule has 1 fully saturated rings. The van der Waals surface area contributed by atoms with Crippen molar-refractivity contribution in [3.63, 3.8) is 0 Å². The second-order valence-electron chi connectivity index (χ2n) is 4.46. The monoisotopic (exact) mass is 301 g/mol. The van der Waals surface area contributed by atoms with Crippen LogP contribution in [0.1, 0.15) is 24.8 Å². The molecule has 0 radical (unpaired) electrons. The fraction of sp³-hybridized carbons (Fsp3) is 0.538. The number of nitrogens with one attached hydrogen (secondary N) is 1. The second-order valence-corrected chi connectivity index (χ2v) is 5.69. The zero-order chi connectivity index (χ0) is 11.4. The highest BCUT2D eigenvalue weighted by Gasteiger charge is 2.25. The Labute approximate surface area is 111 Å². The van der Waals surface area contributed by atoms with Crippen LogP contribution in [0, 0.1) is 5.92 Å². The SMILES string of the molecule is ClCC1CCCC1NCc1cccc(Br)c1. The molecular weight excluding hydrogens is 286 g/mol. The Morgan fingerprint density at radius 1 is 1.38 bits per heavy atom. The maximum atomic E-state index is 5.96. The molecule has 0 spiro atoms. The molecule has 0 bridgehead atoms. The molecule has 1 nitrogen and oxygen atoms in total. The topological polar surface area (TPSA) is 12.0 Å². The number of halogens is 2. The first-order chi connectivity index (χ1) is 7.79. The number of benzene rings is 1. The van der Waals surface area contributed by atoms with Crippen LogP contribution in [0.3, 0.4) is 0 Å². The van der Waals surface area contributed by atoms with Gasteiger partial charge in [-0.3, -0.25) is 0 Å². The molecule has 3 heteroatoms. The Bertz CT molecular complexity index is 342. The van der Waals surface area contributed by atoms with E-state index in [1.54, 1.807) is 0 Å². The molecule has 1 aromatic rings. The average molecular weight is 303 g/mol. The number of hydrogen-bond acceptors (Lipinski definition) is 1. The molecule has 2 rings (SSSR count). The highest BCUT2D eigenvalue weighted by molar-refractivity contribution is 9.10. The first-order valence-electron chi connectivity index (χ1n) is 5.83. The van der Waals surface area contributed by atoms with Gasteiger partial charge in [0.1, 0.15) is 0 Å². The van der Waals surface area contributed by atoms with Crippen molar-refractivity contribution < 1.29 is 0 Å². The van der Waals surface area contributed by atoms with Crippen LogP contribution in [0.15, 0.2) is 28.7 Å². The van der Waals surface area contributed by atoms with E-state index in [-0.39, 0.29) is 0 Å². The summed E-state index contributed by atoms with van der Waals surface area (Å²) in [5.74, 6) is 1.45. The number of hydrogen-bond donors (Lipinski definition) is 1. The lowest BCUT2D eigenvalue weighted by Gasteiger charge is -2.18. The standard InChI is InChI=1S/C13H17BrClN/c14-12-5-1-3-10(7-12)9-16-13-6-2-4-11(13)8-15/h1,3,5,7,11,13,16H,2,4,6,8-9H2. The van der Waals surface area contributed by atoms with Crippen molar-refractivity contribution in [3.8, 4) is 0 Å². The first kappa shape index (κ1) is 12.4. The Morgan fingerprint density at radius 2 is 2.25 bits per heavy atom. The van der Waals surface area contributed by atoms with E-state index in [0.717, 1.165) is 16.9 Å². The number of rotatable bonds is 4. The van der Waals surface area contributed by atoms with E-state index >= 15 is 0 Å².